The van der Waals surface area contributed by atoms with Gasteiger partial charge in [-0.15, -0.1) is 0 Å². The first kappa shape index (κ1) is 23.7. The summed E-state index contributed by atoms with van der Waals surface area (Å²) in [7, 11) is 0. The number of nitrogens with two attached hydrogens (primary N) is 2. The number of halogens is 4. The molecule has 0 spiro atoms. The van der Waals surface area contributed by atoms with Crippen LogP contribution in [0.5, 0.6) is 0 Å². The third-order valence-electron chi connectivity index (χ3n) is 4.89. The molecule has 0 bridgehead atoms. The number of amides is 1. The van der Waals surface area contributed by atoms with Crippen molar-refractivity contribution in [3.63, 3.8) is 0 Å². The highest BCUT2D eigenvalue weighted by Gasteiger charge is 2.50. The van der Waals surface area contributed by atoms with Crippen molar-refractivity contribution in [1.82, 2.24) is 15.1 Å². The quantitative estimate of drug-likeness (QED) is 0.395. The average Bonchev–Trinajstić information content (AvgIpc) is 3.47. The second kappa shape index (κ2) is 9.40. The molecule has 4 N–H and O–H groups in total. The Kier molecular flexibility index (Phi) is 6.36. The van der Waals surface area contributed by atoms with Crippen molar-refractivity contribution >= 4 is 29.0 Å². The number of benzene rings is 1. The number of nitrogens with zero attached hydrogens (tertiary/aromatic N) is 5. The second-order valence-electron chi connectivity index (χ2n) is 7.27. The van der Waals surface area contributed by atoms with E-state index < -0.39 is 30.7 Å². The Hall–Kier alpha value is -4.49. The van der Waals surface area contributed by atoms with Crippen LogP contribution in [-0.4, -0.2) is 45.8 Å². The standard InChI is InChI=1S/C21H17F4N7O3/c22-12-4-2-1-3-11(12)8-28-15(14-5-6-34-31-14)7-13(26)19-29-9-16(18(27)30-19)32-10-17(21(23,24)25)35-20(32)33/h1-7,9,17H,8,10,26H2,(H2,27,29,30)/b13-7-,28-15?. The van der Waals surface area contributed by atoms with Gasteiger partial charge in [0.15, 0.2) is 11.6 Å². The zero-order valence-corrected chi connectivity index (χ0v) is 17.7. The minimum absolute atomic E-state index is 0.0297. The Morgan fingerprint density at radius 2 is 2.06 bits per heavy atom. The predicted molar refractivity (Wildman–Crippen MR) is 115 cm³/mol. The van der Waals surface area contributed by atoms with Gasteiger partial charge in [0.2, 0.25) is 6.10 Å². The molecule has 3 aromatic rings. The van der Waals surface area contributed by atoms with Crippen LogP contribution in [0, 0.1) is 5.82 Å². The zero-order chi connectivity index (χ0) is 25.2. The van der Waals surface area contributed by atoms with Crippen LogP contribution < -0.4 is 16.4 Å². The highest BCUT2D eigenvalue weighted by molar-refractivity contribution is 6.10. The van der Waals surface area contributed by atoms with Crippen molar-refractivity contribution in [2.24, 2.45) is 10.7 Å². The number of ether oxygens (including phenoxy) is 1. The maximum absolute atomic E-state index is 14.0. The number of rotatable bonds is 6. The van der Waals surface area contributed by atoms with Gasteiger partial charge in [-0.1, -0.05) is 23.4 Å². The lowest BCUT2D eigenvalue weighted by Crippen LogP contribution is -2.33. The number of alkyl halides is 3. The van der Waals surface area contributed by atoms with Crippen LogP contribution in [0.4, 0.5) is 33.9 Å². The van der Waals surface area contributed by atoms with Crippen molar-refractivity contribution in [3.05, 3.63) is 71.8 Å². The van der Waals surface area contributed by atoms with Crippen molar-refractivity contribution in [1.29, 1.82) is 0 Å². The van der Waals surface area contributed by atoms with Crippen molar-refractivity contribution in [2.45, 2.75) is 18.8 Å². The van der Waals surface area contributed by atoms with E-state index in [1.807, 2.05) is 0 Å². The molecule has 2 aromatic heterocycles. The summed E-state index contributed by atoms with van der Waals surface area (Å²) in [6.07, 6.45) is -4.53. The molecule has 1 aromatic carbocycles. The number of cyclic esters (lactones) is 1. The van der Waals surface area contributed by atoms with Crippen LogP contribution in [-0.2, 0) is 11.3 Å². The van der Waals surface area contributed by atoms with E-state index in [0.29, 0.717) is 16.2 Å². The van der Waals surface area contributed by atoms with Gasteiger partial charge >= 0.3 is 12.3 Å². The van der Waals surface area contributed by atoms with Gasteiger partial charge in [0, 0.05) is 11.6 Å². The van der Waals surface area contributed by atoms with Crippen molar-refractivity contribution in [3.8, 4) is 0 Å². The molecule has 1 aliphatic heterocycles. The Morgan fingerprint density at radius 3 is 2.69 bits per heavy atom. The minimum Gasteiger partial charge on any atom is -0.434 e. The van der Waals surface area contributed by atoms with E-state index >= 15 is 0 Å². The van der Waals surface area contributed by atoms with Gasteiger partial charge < -0.3 is 20.7 Å². The van der Waals surface area contributed by atoms with Crippen LogP contribution >= 0.6 is 0 Å². The third-order valence-corrected chi connectivity index (χ3v) is 4.89. The Balaban J connectivity index is 1.60. The minimum atomic E-state index is -4.73. The molecule has 0 aliphatic carbocycles. The molecule has 0 radical (unpaired) electrons. The molecule has 1 aliphatic rings. The van der Waals surface area contributed by atoms with Gasteiger partial charge in [-0.3, -0.25) is 9.89 Å². The molecule has 1 amide bonds. The van der Waals surface area contributed by atoms with Gasteiger partial charge in [0.25, 0.3) is 0 Å². The first-order valence-electron chi connectivity index (χ1n) is 9.97. The van der Waals surface area contributed by atoms with E-state index in [9.17, 15) is 22.4 Å². The number of hydrogen-bond donors (Lipinski definition) is 2. The number of aliphatic imine (C=N–C) groups is 1. The second-order valence-corrected chi connectivity index (χ2v) is 7.27. The molecule has 0 saturated carbocycles. The smallest absolute Gasteiger partial charge is 0.427 e. The van der Waals surface area contributed by atoms with Crippen LogP contribution in [0.3, 0.4) is 0 Å². The monoisotopic (exact) mass is 491 g/mol. The fraction of sp³-hybridized carbons (Fsp3) is 0.190. The summed E-state index contributed by atoms with van der Waals surface area (Å²) in [6, 6.07) is 7.60. The maximum Gasteiger partial charge on any atom is 0.427 e. The van der Waals surface area contributed by atoms with Gasteiger partial charge in [-0.2, -0.15) is 13.2 Å². The molecular formula is C21H17F4N7O3. The van der Waals surface area contributed by atoms with Crippen LogP contribution in [0.1, 0.15) is 17.1 Å². The van der Waals surface area contributed by atoms with Gasteiger partial charge in [-0.05, 0) is 12.1 Å². The molecule has 182 valence electrons. The van der Waals surface area contributed by atoms with Crippen molar-refractivity contribution in [2.75, 3.05) is 17.2 Å². The Labute approximate surface area is 194 Å². The highest BCUT2D eigenvalue weighted by atomic mass is 19.4. The molecule has 1 fully saturated rings. The summed E-state index contributed by atoms with van der Waals surface area (Å²) in [5.41, 5.74) is 12.6. The molecule has 35 heavy (non-hydrogen) atoms. The van der Waals surface area contributed by atoms with E-state index in [-0.39, 0.29) is 35.3 Å². The fourth-order valence-electron chi connectivity index (χ4n) is 3.12. The SMILES string of the molecule is N/C(=C\C(=NCc1ccccc1F)c1ccon1)c1ncc(N2CC(C(F)(F)F)OC2=O)c(N)n1. The number of carbonyl (C=O) groups is 1. The first-order chi connectivity index (χ1) is 16.6. The predicted octanol–water partition coefficient (Wildman–Crippen LogP) is 3.06. The first-order valence-corrected chi connectivity index (χ1v) is 9.97. The topological polar surface area (TPSA) is 146 Å². The molecule has 14 heteroatoms. The number of nitrogen functional groups attached to an aromatic ring is 1. The lowest BCUT2D eigenvalue weighted by Gasteiger charge is -2.15. The Bertz CT molecular complexity index is 1290. The molecule has 1 atom stereocenters. The average molecular weight is 491 g/mol. The van der Waals surface area contributed by atoms with E-state index in [1.54, 1.807) is 18.2 Å². The lowest BCUT2D eigenvalue weighted by atomic mass is 10.2. The van der Waals surface area contributed by atoms with E-state index in [2.05, 4.69) is 24.9 Å². The summed E-state index contributed by atoms with van der Waals surface area (Å²) < 4.78 is 61.8. The molecule has 1 saturated heterocycles. The van der Waals surface area contributed by atoms with Crippen LogP contribution in [0.25, 0.3) is 5.70 Å². The maximum atomic E-state index is 14.0. The summed E-state index contributed by atoms with van der Waals surface area (Å²) >= 11 is 0. The number of allylic oxidation sites excluding steroid dienone is 1. The third kappa shape index (κ3) is 5.20. The number of anilines is 2. The van der Waals surface area contributed by atoms with Gasteiger partial charge in [-0.25, -0.2) is 19.2 Å². The number of hydrogen-bond acceptors (Lipinski definition) is 9. The zero-order valence-electron chi connectivity index (χ0n) is 17.7. The summed E-state index contributed by atoms with van der Waals surface area (Å²) in [5, 5.41) is 3.80. The summed E-state index contributed by atoms with van der Waals surface area (Å²) in [5.74, 6) is -0.821. The normalized spacial score (nSPS) is 17.1. The fourth-order valence-corrected chi connectivity index (χ4v) is 3.12. The molecule has 1 unspecified atom stereocenters. The van der Waals surface area contributed by atoms with Crippen molar-refractivity contribution < 1.29 is 31.6 Å². The molecular weight excluding hydrogens is 474 g/mol. The van der Waals surface area contributed by atoms with E-state index in [1.165, 1.54) is 24.5 Å². The van der Waals surface area contributed by atoms with E-state index in [4.69, 9.17) is 16.0 Å². The van der Waals surface area contributed by atoms with Crippen LogP contribution in [0.15, 0.2) is 58.4 Å². The molecule has 4 rings (SSSR count). The van der Waals surface area contributed by atoms with Gasteiger partial charge in [0.1, 0.15) is 23.5 Å². The largest absolute Gasteiger partial charge is 0.434 e. The van der Waals surface area contributed by atoms with Crippen LogP contribution in [0.2, 0.25) is 0 Å². The van der Waals surface area contributed by atoms with E-state index in [0.717, 1.165) is 6.20 Å². The summed E-state index contributed by atoms with van der Waals surface area (Å²) in [6.45, 7) is -0.822. The lowest BCUT2D eigenvalue weighted by molar-refractivity contribution is -0.191. The number of aromatic nitrogens is 3. The Morgan fingerprint density at radius 1 is 1.29 bits per heavy atom. The number of carbonyl (C=O) groups excluding carboxylic acids is 1. The molecule has 10 nitrogen and oxygen atoms in total. The molecule has 3 heterocycles. The van der Waals surface area contributed by atoms with Gasteiger partial charge in [0.05, 0.1) is 30.7 Å². The highest BCUT2D eigenvalue weighted by Crippen LogP contribution is 2.32. The summed E-state index contributed by atoms with van der Waals surface area (Å²) in [4.78, 5) is 24.9.